The molecule has 0 saturated carbocycles. The lowest BCUT2D eigenvalue weighted by molar-refractivity contribution is -0.135. The Bertz CT molecular complexity index is 472. The monoisotopic (exact) mass is 246 g/mol. The highest BCUT2D eigenvalue weighted by Crippen LogP contribution is 2.15. The fourth-order valence-electron chi connectivity index (χ4n) is 1.22. The molecule has 94 valence electrons. The second-order valence-electron chi connectivity index (χ2n) is 3.26. The molecule has 0 aliphatic heterocycles. The molecular weight excluding hydrogens is 232 g/mol. The van der Waals surface area contributed by atoms with Gasteiger partial charge in [0.1, 0.15) is 11.8 Å². The number of benzene rings is 1. The highest BCUT2D eigenvalue weighted by atomic mass is 16.5. The number of ether oxygens (including phenoxy) is 2. The molecule has 0 aromatic heterocycles. The zero-order valence-electron chi connectivity index (χ0n) is 10.3. The summed E-state index contributed by atoms with van der Waals surface area (Å²) in [4.78, 5) is 11.1. The van der Waals surface area contributed by atoms with Crippen molar-refractivity contribution in [2.24, 2.45) is 0 Å². The summed E-state index contributed by atoms with van der Waals surface area (Å²) in [5, 5.41) is 11.6. The summed E-state index contributed by atoms with van der Waals surface area (Å²) in [6, 6.07) is 8.92. The molecule has 18 heavy (non-hydrogen) atoms. The molecule has 0 unspecified atom stereocenters. The number of nitrogens with zero attached hydrogens (tertiary/aromatic N) is 1. The molecule has 0 spiro atoms. The van der Waals surface area contributed by atoms with Gasteiger partial charge in [-0.25, -0.2) is 4.79 Å². The van der Waals surface area contributed by atoms with Gasteiger partial charge in [0, 0.05) is 11.9 Å². The van der Waals surface area contributed by atoms with E-state index in [0.29, 0.717) is 6.61 Å². The molecule has 0 aliphatic carbocycles. The van der Waals surface area contributed by atoms with Gasteiger partial charge in [-0.15, -0.1) is 0 Å². The highest BCUT2D eigenvalue weighted by Gasteiger charge is 2.07. The van der Waals surface area contributed by atoms with Crippen LogP contribution in [0.25, 0.3) is 0 Å². The fourth-order valence-corrected chi connectivity index (χ4v) is 1.22. The van der Waals surface area contributed by atoms with Crippen molar-refractivity contribution in [2.45, 2.75) is 6.92 Å². The van der Waals surface area contributed by atoms with E-state index in [9.17, 15) is 4.79 Å². The number of hydrogen-bond acceptors (Lipinski definition) is 5. The Balaban J connectivity index is 2.70. The molecule has 5 nitrogen and oxygen atoms in total. The van der Waals surface area contributed by atoms with Gasteiger partial charge in [-0.05, 0) is 31.2 Å². The van der Waals surface area contributed by atoms with Crippen molar-refractivity contribution in [1.82, 2.24) is 0 Å². The van der Waals surface area contributed by atoms with Crippen molar-refractivity contribution in [3.8, 4) is 11.8 Å². The van der Waals surface area contributed by atoms with Crippen LogP contribution in [0.15, 0.2) is 36.0 Å². The summed E-state index contributed by atoms with van der Waals surface area (Å²) in [6.07, 6.45) is 1.31. The van der Waals surface area contributed by atoms with Crippen molar-refractivity contribution in [3.05, 3.63) is 36.0 Å². The van der Waals surface area contributed by atoms with Crippen LogP contribution in [0, 0.1) is 11.3 Å². The molecule has 0 saturated heterocycles. The van der Waals surface area contributed by atoms with Crippen molar-refractivity contribution in [2.75, 3.05) is 19.0 Å². The predicted molar refractivity (Wildman–Crippen MR) is 66.9 cm³/mol. The van der Waals surface area contributed by atoms with Crippen molar-refractivity contribution < 1.29 is 14.3 Å². The lowest BCUT2D eigenvalue weighted by atomic mass is 10.3. The van der Waals surface area contributed by atoms with E-state index in [2.05, 4.69) is 10.1 Å². The Labute approximate surface area is 106 Å². The standard InChI is InChI=1S/C13H14N2O3/c1-3-18-12-6-4-11(5-7-12)15-9-10(8-14)13(16)17-2/h4-7,9,15H,3H2,1-2H3/b10-9+. The minimum atomic E-state index is -0.670. The summed E-state index contributed by atoms with van der Waals surface area (Å²) in [7, 11) is 1.23. The average Bonchev–Trinajstić information content (AvgIpc) is 2.41. The van der Waals surface area contributed by atoms with Gasteiger partial charge in [-0.1, -0.05) is 0 Å². The minimum Gasteiger partial charge on any atom is -0.494 e. The molecule has 0 aliphatic rings. The maximum Gasteiger partial charge on any atom is 0.350 e. The Morgan fingerprint density at radius 2 is 2.11 bits per heavy atom. The Kier molecular flexibility index (Phi) is 5.26. The van der Waals surface area contributed by atoms with Gasteiger partial charge in [0.05, 0.1) is 13.7 Å². The second kappa shape index (κ2) is 6.97. The summed E-state index contributed by atoms with van der Waals surface area (Å²) in [5.74, 6) is 0.0939. The molecule has 0 fully saturated rings. The molecule has 0 heterocycles. The van der Waals surface area contributed by atoms with E-state index in [4.69, 9.17) is 10.00 Å². The maximum atomic E-state index is 11.1. The van der Waals surface area contributed by atoms with E-state index in [1.54, 1.807) is 30.3 Å². The lowest BCUT2D eigenvalue weighted by Crippen LogP contribution is -2.05. The number of carbonyl (C=O) groups is 1. The number of rotatable bonds is 5. The van der Waals surface area contributed by atoms with Gasteiger partial charge in [0.15, 0.2) is 5.57 Å². The number of nitriles is 1. The quantitative estimate of drug-likeness (QED) is 0.489. The van der Waals surface area contributed by atoms with E-state index in [0.717, 1.165) is 11.4 Å². The summed E-state index contributed by atoms with van der Waals surface area (Å²) in [6.45, 7) is 2.51. The van der Waals surface area contributed by atoms with E-state index < -0.39 is 5.97 Å². The predicted octanol–water partition coefficient (Wildman–Crippen LogP) is 2.08. The Morgan fingerprint density at radius 1 is 1.44 bits per heavy atom. The summed E-state index contributed by atoms with van der Waals surface area (Å²) < 4.78 is 9.75. The highest BCUT2D eigenvalue weighted by molar-refractivity contribution is 5.92. The van der Waals surface area contributed by atoms with Gasteiger partial charge < -0.3 is 14.8 Å². The number of carbonyl (C=O) groups excluding carboxylic acids is 1. The van der Waals surface area contributed by atoms with Crippen LogP contribution in [-0.2, 0) is 9.53 Å². The molecule has 0 radical (unpaired) electrons. The molecule has 0 atom stereocenters. The van der Waals surface area contributed by atoms with Gasteiger partial charge in [0.2, 0.25) is 0 Å². The van der Waals surface area contributed by atoms with E-state index >= 15 is 0 Å². The molecule has 0 amide bonds. The first-order valence-corrected chi connectivity index (χ1v) is 5.39. The van der Waals surface area contributed by atoms with E-state index in [-0.39, 0.29) is 5.57 Å². The van der Waals surface area contributed by atoms with Crippen LogP contribution in [0.1, 0.15) is 6.92 Å². The lowest BCUT2D eigenvalue weighted by Gasteiger charge is -2.05. The molecule has 1 N–H and O–H groups in total. The smallest absolute Gasteiger partial charge is 0.350 e. The van der Waals surface area contributed by atoms with Gasteiger partial charge in [0.25, 0.3) is 0 Å². The number of anilines is 1. The Hall–Kier alpha value is -2.48. The topological polar surface area (TPSA) is 71.3 Å². The maximum absolute atomic E-state index is 11.1. The van der Waals surface area contributed by atoms with Gasteiger partial charge in [-0.2, -0.15) is 5.26 Å². The minimum absolute atomic E-state index is 0.0913. The van der Waals surface area contributed by atoms with Crippen LogP contribution in [0.2, 0.25) is 0 Å². The molecular formula is C13H14N2O3. The van der Waals surface area contributed by atoms with Crippen molar-refractivity contribution >= 4 is 11.7 Å². The van der Waals surface area contributed by atoms with Crippen LogP contribution in [0.3, 0.4) is 0 Å². The molecule has 0 bridgehead atoms. The zero-order valence-corrected chi connectivity index (χ0v) is 10.3. The Morgan fingerprint density at radius 3 is 2.61 bits per heavy atom. The van der Waals surface area contributed by atoms with Gasteiger partial charge >= 0.3 is 5.97 Å². The van der Waals surface area contributed by atoms with Crippen LogP contribution >= 0.6 is 0 Å². The third-order valence-electron chi connectivity index (χ3n) is 2.07. The molecule has 5 heteroatoms. The average molecular weight is 246 g/mol. The number of methoxy groups -OCH3 is 1. The number of nitrogens with one attached hydrogen (secondary N) is 1. The van der Waals surface area contributed by atoms with Crippen LogP contribution in [0.4, 0.5) is 5.69 Å². The molecule has 1 rings (SSSR count). The first-order valence-electron chi connectivity index (χ1n) is 5.39. The first-order chi connectivity index (χ1) is 8.71. The normalized spacial score (nSPS) is 10.4. The third-order valence-corrected chi connectivity index (χ3v) is 2.07. The van der Waals surface area contributed by atoms with Crippen LogP contribution in [0.5, 0.6) is 5.75 Å². The number of esters is 1. The summed E-state index contributed by atoms with van der Waals surface area (Å²) in [5.41, 5.74) is 0.654. The zero-order chi connectivity index (χ0) is 13.4. The van der Waals surface area contributed by atoms with Crippen molar-refractivity contribution in [3.63, 3.8) is 0 Å². The molecule has 1 aromatic carbocycles. The largest absolute Gasteiger partial charge is 0.494 e. The second-order valence-corrected chi connectivity index (χ2v) is 3.26. The van der Waals surface area contributed by atoms with E-state index in [1.165, 1.54) is 13.3 Å². The fraction of sp³-hybridized carbons (Fsp3) is 0.231. The molecule has 1 aromatic rings. The van der Waals surface area contributed by atoms with Gasteiger partial charge in [-0.3, -0.25) is 0 Å². The van der Waals surface area contributed by atoms with Crippen LogP contribution < -0.4 is 10.1 Å². The number of hydrogen-bond donors (Lipinski definition) is 1. The van der Waals surface area contributed by atoms with E-state index in [1.807, 2.05) is 6.92 Å². The van der Waals surface area contributed by atoms with Crippen molar-refractivity contribution in [1.29, 1.82) is 5.26 Å². The summed E-state index contributed by atoms with van der Waals surface area (Å²) >= 11 is 0. The SMILES string of the molecule is CCOc1ccc(N/C=C(\C#N)C(=O)OC)cc1. The first kappa shape index (κ1) is 13.6. The third kappa shape index (κ3) is 3.83. The van der Waals surface area contributed by atoms with Crippen LogP contribution in [-0.4, -0.2) is 19.7 Å².